The number of methoxy groups -OCH3 is 1. The first-order chi connectivity index (χ1) is 6.60. The number of amides is 1. The molecule has 0 saturated carbocycles. The maximum absolute atomic E-state index is 11.3. The van der Waals surface area contributed by atoms with Gasteiger partial charge in [-0.3, -0.25) is 4.79 Å². The van der Waals surface area contributed by atoms with Gasteiger partial charge in [0.05, 0.1) is 13.2 Å². The van der Waals surface area contributed by atoms with Gasteiger partial charge in [0.15, 0.2) is 0 Å². The van der Waals surface area contributed by atoms with E-state index in [1.165, 1.54) is 12.0 Å². The monoisotopic (exact) mass is 221 g/mol. The minimum atomic E-state index is -0.693. The van der Waals surface area contributed by atoms with E-state index in [9.17, 15) is 14.7 Å². The third kappa shape index (κ3) is 2.16. The summed E-state index contributed by atoms with van der Waals surface area (Å²) in [5, 5.41) is 9.31. The van der Waals surface area contributed by atoms with Crippen LogP contribution in [0.3, 0.4) is 0 Å². The van der Waals surface area contributed by atoms with Gasteiger partial charge in [-0.2, -0.15) is 0 Å². The molecular weight excluding hydrogens is 210 g/mol. The lowest BCUT2D eigenvalue weighted by Crippen LogP contribution is -2.41. The number of hydrogen-bond acceptors (Lipinski definition) is 4. The third-order valence-corrected chi connectivity index (χ3v) is 2.42. The molecule has 5 nitrogen and oxygen atoms in total. The van der Waals surface area contributed by atoms with E-state index >= 15 is 0 Å². The zero-order valence-electron chi connectivity index (χ0n) is 7.77. The number of nitrogens with zero attached hydrogens (tertiary/aromatic N) is 1. The Hall–Kier alpha value is -0.810. The number of aliphatic hydroxyl groups excluding tert-OH is 1. The smallest absolute Gasteiger partial charge is 0.328 e. The van der Waals surface area contributed by atoms with Gasteiger partial charge >= 0.3 is 5.97 Å². The lowest BCUT2D eigenvalue weighted by atomic mass is 10.2. The van der Waals surface area contributed by atoms with E-state index in [-0.39, 0.29) is 24.8 Å². The van der Waals surface area contributed by atoms with Crippen LogP contribution in [-0.4, -0.2) is 53.6 Å². The summed E-state index contributed by atoms with van der Waals surface area (Å²) in [6.07, 6.45) is -0.457. The van der Waals surface area contributed by atoms with Crippen molar-refractivity contribution in [1.29, 1.82) is 0 Å². The maximum atomic E-state index is 11.3. The summed E-state index contributed by atoms with van der Waals surface area (Å²) < 4.78 is 4.52. The highest BCUT2D eigenvalue weighted by molar-refractivity contribution is 6.27. The molecule has 0 spiro atoms. The van der Waals surface area contributed by atoms with E-state index in [2.05, 4.69) is 4.74 Å². The number of aliphatic hydroxyl groups is 1. The first kappa shape index (κ1) is 11.3. The second kappa shape index (κ2) is 4.61. The van der Waals surface area contributed by atoms with Crippen molar-refractivity contribution in [3.63, 3.8) is 0 Å². The predicted octanol–water partition coefficient (Wildman–Crippen LogP) is -0.640. The molecule has 6 heteroatoms. The summed E-state index contributed by atoms with van der Waals surface area (Å²) in [5.74, 6) is -1.07. The highest BCUT2D eigenvalue weighted by Gasteiger charge is 2.39. The fraction of sp³-hybridized carbons (Fsp3) is 0.750. The second-order valence-corrected chi connectivity index (χ2v) is 3.38. The van der Waals surface area contributed by atoms with Crippen LogP contribution in [0, 0.1) is 0 Å². The van der Waals surface area contributed by atoms with Crippen LogP contribution >= 0.6 is 11.6 Å². The normalized spacial score (nSPS) is 26.4. The summed E-state index contributed by atoms with van der Waals surface area (Å²) in [5.41, 5.74) is 0. The number of carbonyl (C=O) groups excluding carboxylic acids is 2. The topological polar surface area (TPSA) is 66.8 Å². The molecule has 0 aliphatic carbocycles. The van der Waals surface area contributed by atoms with Gasteiger partial charge < -0.3 is 14.7 Å². The summed E-state index contributed by atoms with van der Waals surface area (Å²) in [4.78, 5) is 23.7. The Kier molecular flexibility index (Phi) is 3.71. The van der Waals surface area contributed by atoms with Crippen molar-refractivity contribution in [2.75, 3.05) is 19.5 Å². The minimum absolute atomic E-state index is 0.144. The number of carbonyl (C=O) groups is 2. The molecule has 0 radical (unpaired) electrons. The van der Waals surface area contributed by atoms with Gasteiger partial charge in [0.2, 0.25) is 5.91 Å². The molecule has 0 aromatic carbocycles. The quantitative estimate of drug-likeness (QED) is 0.498. The van der Waals surface area contributed by atoms with E-state index < -0.39 is 18.1 Å². The lowest BCUT2D eigenvalue weighted by Gasteiger charge is -2.20. The lowest BCUT2D eigenvalue weighted by molar-refractivity contribution is -0.150. The van der Waals surface area contributed by atoms with Gasteiger partial charge in [-0.15, -0.1) is 11.6 Å². The summed E-state index contributed by atoms with van der Waals surface area (Å²) in [6, 6.07) is -0.693. The molecule has 1 fully saturated rings. The van der Waals surface area contributed by atoms with Gasteiger partial charge in [0, 0.05) is 13.0 Å². The van der Waals surface area contributed by atoms with Crippen molar-refractivity contribution in [2.24, 2.45) is 0 Å². The highest BCUT2D eigenvalue weighted by Crippen LogP contribution is 2.19. The Morgan fingerprint density at radius 2 is 2.29 bits per heavy atom. The van der Waals surface area contributed by atoms with Gasteiger partial charge in [-0.1, -0.05) is 0 Å². The van der Waals surface area contributed by atoms with Crippen molar-refractivity contribution in [3.05, 3.63) is 0 Å². The molecule has 0 bridgehead atoms. The molecule has 1 amide bonds. The number of hydrogen-bond donors (Lipinski definition) is 1. The standard InChI is InChI=1S/C8H12ClNO4/c1-14-8(13)6-2-5(11)4-10(6)7(12)3-9/h5-6,11H,2-4H2,1H3. The summed E-state index contributed by atoms with van der Waals surface area (Å²) in [6.45, 7) is 0.144. The fourth-order valence-electron chi connectivity index (χ4n) is 1.53. The van der Waals surface area contributed by atoms with E-state index in [1.807, 2.05) is 0 Å². The highest BCUT2D eigenvalue weighted by atomic mass is 35.5. The largest absolute Gasteiger partial charge is 0.467 e. The van der Waals surface area contributed by atoms with E-state index in [0.717, 1.165) is 0 Å². The number of halogens is 1. The number of likely N-dealkylation sites (tertiary alicyclic amines) is 1. The number of alkyl halides is 1. The van der Waals surface area contributed by atoms with E-state index in [1.54, 1.807) is 0 Å². The molecule has 0 aromatic heterocycles. The van der Waals surface area contributed by atoms with Gasteiger partial charge in [0.1, 0.15) is 11.9 Å². The Labute approximate surface area is 86.6 Å². The third-order valence-electron chi connectivity index (χ3n) is 2.19. The Balaban J connectivity index is 2.72. The Bertz CT molecular complexity index is 221. The molecule has 1 N–H and O–H groups in total. The van der Waals surface area contributed by atoms with Crippen LogP contribution in [0.1, 0.15) is 6.42 Å². The first-order valence-electron chi connectivity index (χ1n) is 4.21. The van der Waals surface area contributed by atoms with Gasteiger partial charge in [-0.25, -0.2) is 4.79 Å². The molecule has 1 rings (SSSR count). The van der Waals surface area contributed by atoms with Crippen LogP contribution in [0.5, 0.6) is 0 Å². The second-order valence-electron chi connectivity index (χ2n) is 3.11. The van der Waals surface area contributed by atoms with E-state index in [4.69, 9.17) is 11.6 Å². The minimum Gasteiger partial charge on any atom is -0.467 e. The zero-order chi connectivity index (χ0) is 10.7. The molecule has 1 aliphatic heterocycles. The number of rotatable bonds is 2. The maximum Gasteiger partial charge on any atom is 0.328 e. The first-order valence-corrected chi connectivity index (χ1v) is 4.75. The molecule has 14 heavy (non-hydrogen) atoms. The number of ether oxygens (including phenoxy) is 1. The van der Waals surface area contributed by atoms with Crippen LogP contribution in [-0.2, 0) is 14.3 Å². The van der Waals surface area contributed by atoms with Crippen molar-refractivity contribution in [1.82, 2.24) is 4.90 Å². The molecule has 2 atom stereocenters. The van der Waals surface area contributed by atoms with Crippen molar-refractivity contribution < 1.29 is 19.4 Å². The van der Waals surface area contributed by atoms with Crippen molar-refractivity contribution in [2.45, 2.75) is 18.6 Å². The Morgan fingerprint density at radius 1 is 1.64 bits per heavy atom. The molecular formula is C8H12ClNO4. The summed E-state index contributed by atoms with van der Waals surface area (Å²) in [7, 11) is 1.25. The van der Waals surface area contributed by atoms with Gasteiger partial charge in [0.25, 0.3) is 0 Å². The molecule has 0 aromatic rings. The SMILES string of the molecule is COC(=O)C1CC(O)CN1C(=O)CCl. The average Bonchev–Trinajstić information content (AvgIpc) is 2.58. The van der Waals surface area contributed by atoms with Crippen LogP contribution in [0.4, 0.5) is 0 Å². The number of β-amino-alcohol motifs (C(OH)–C–C–N with tert-alkyl or cyclic N) is 1. The summed E-state index contributed by atoms with van der Waals surface area (Å²) >= 11 is 5.37. The zero-order valence-corrected chi connectivity index (χ0v) is 8.53. The van der Waals surface area contributed by atoms with Crippen LogP contribution in [0.15, 0.2) is 0 Å². The van der Waals surface area contributed by atoms with Crippen molar-refractivity contribution in [3.8, 4) is 0 Å². The predicted molar refractivity (Wildman–Crippen MR) is 48.9 cm³/mol. The molecule has 1 heterocycles. The Morgan fingerprint density at radius 3 is 2.79 bits per heavy atom. The number of esters is 1. The van der Waals surface area contributed by atoms with E-state index in [0.29, 0.717) is 0 Å². The average molecular weight is 222 g/mol. The fourth-order valence-corrected chi connectivity index (χ4v) is 1.68. The van der Waals surface area contributed by atoms with Crippen LogP contribution in [0.25, 0.3) is 0 Å². The van der Waals surface area contributed by atoms with Crippen LogP contribution in [0.2, 0.25) is 0 Å². The molecule has 1 saturated heterocycles. The van der Waals surface area contributed by atoms with Crippen LogP contribution < -0.4 is 0 Å². The van der Waals surface area contributed by atoms with Gasteiger partial charge in [-0.05, 0) is 0 Å². The molecule has 80 valence electrons. The molecule has 1 aliphatic rings. The van der Waals surface area contributed by atoms with Crippen molar-refractivity contribution >= 4 is 23.5 Å². The molecule has 2 unspecified atom stereocenters.